The summed E-state index contributed by atoms with van der Waals surface area (Å²) in [6.45, 7) is -1.23. The van der Waals surface area contributed by atoms with Crippen LogP contribution in [0.4, 0.5) is 13.2 Å². The Bertz CT molecular complexity index is 550. The van der Waals surface area contributed by atoms with Crippen LogP contribution >= 0.6 is 0 Å². The van der Waals surface area contributed by atoms with Crippen LogP contribution in [-0.4, -0.2) is 32.3 Å². The molecule has 1 aromatic rings. The molecule has 0 radical (unpaired) electrons. The van der Waals surface area contributed by atoms with E-state index in [1.807, 2.05) is 0 Å². The van der Waals surface area contributed by atoms with Gasteiger partial charge in [0.05, 0.1) is 13.7 Å². The number of methoxy groups -OCH3 is 1. The summed E-state index contributed by atoms with van der Waals surface area (Å²) in [4.78, 5) is 11.4. The summed E-state index contributed by atoms with van der Waals surface area (Å²) in [6, 6.07) is 4.52. The molecular formula is C15H16F3NO3. The zero-order valence-corrected chi connectivity index (χ0v) is 12.0. The van der Waals surface area contributed by atoms with Crippen molar-refractivity contribution in [3.05, 3.63) is 23.8 Å². The highest BCUT2D eigenvalue weighted by atomic mass is 19.4. The van der Waals surface area contributed by atoms with Gasteiger partial charge in [0, 0.05) is 6.42 Å². The smallest absolute Gasteiger partial charge is 0.422 e. The van der Waals surface area contributed by atoms with Crippen LogP contribution in [0.5, 0.6) is 11.5 Å². The molecule has 0 aliphatic rings. The number of amides is 1. The van der Waals surface area contributed by atoms with Gasteiger partial charge in [-0.3, -0.25) is 4.79 Å². The molecule has 0 heterocycles. The van der Waals surface area contributed by atoms with Crippen LogP contribution in [0.3, 0.4) is 0 Å². The Hall–Kier alpha value is -2.36. The lowest BCUT2D eigenvalue weighted by atomic mass is 10.1. The van der Waals surface area contributed by atoms with E-state index >= 15 is 0 Å². The van der Waals surface area contributed by atoms with E-state index in [1.165, 1.54) is 13.2 Å². The van der Waals surface area contributed by atoms with Crippen LogP contribution in [0.15, 0.2) is 18.2 Å². The number of aryl methyl sites for hydroxylation is 1. The summed E-state index contributed by atoms with van der Waals surface area (Å²) in [7, 11) is 1.33. The van der Waals surface area contributed by atoms with Gasteiger partial charge in [-0.1, -0.05) is 12.0 Å². The normalized spacial score (nSPS) is 10.7. The van der Waals surface area contributed by atoms with E-state index in [4.69, 9.17) is 11.2 Å². The second-order valence-corrected chi connectivity index (χ2v) is 4.37. The summed E-state index contributed by atoms with van der Waals surface area (Å²) < 4.78 is 46.1. The number of carbonyl (C=O) groups excluding carboxylic acids is 1. The van der Waals surface area contributed by atoms with Crippen molar-refractivity contribution < 1.29 is 27.4 Å². The quantitative estimate of drug-likeness (QED) is 0.786. The minimum atomic E-state index is -4.42. The number of carbonyl (C=O) groups is 1. The van der Waals surface area contributed by atoms with Crippen LogP contribution < -0.4 is 14.8 Å². The van der Waals surface area contributed by atoms with Gasteiger partial charge < -0.3 is 14.8 Å². The third kappa shape index (κ3) is 6.39. The van der Waals surface area contributed by atoms with Crippen molar-refractivity contribution >= 4 is 5.91 Å². The molecule has 0 aliphatic heterocycles. The zero-order chi connectivity index (χ0) is 16.6. The molecule has 0 fully saturated rings. The van der Waals surface area contributed by atoms with Crippen molar-refractivity contribution in [1.29, 1.82) is 0 Å². The lowest BCUT2D eigenvalue weighted by molar-refractivity contribution is -0.153. The number of ether oxygens (including phenoxy) is 2. The van der Waals surface area contributed by atoms with E-state index < -0.39 is 12.8 Å². The number of terminal acetylenes is 1. The Morgan fingerprint density at radius 2 is 2.09 bits per heavy atom. The number of hydrogen-bond acceptors (Lipinski definition) is 3. The van der Waals surface area contributed by atoms with E-state index in [1.54, 1.807) is 12.1 Å². The summed E-state index contributed by atoms with van der Waals surface area (Å²) in [6.07, 6.45) is 1.23. The lowest BCUT2D eigenvalue weighted by Crippen LogP contribution is -2.23. The number of nitrogens with one attached hydrogen (secondary N) is 1. The highest BCUT2D eigenvalue weighted by molar-refractivity contribution is 5.76. The highest BCUT2D eigenvalue weighted by Crippen LogP contribution is 2.30. The molecule has 0 aliphatic carbocycles. The molecular weight excluding hydrogens is 299 g/mol. The van der Waals surface area contributed by atoms with Gasteiger partial charge in [0.25, 0.3) is 0 Å². The summed E-state index contributed by atoms with van der Waals surface area (Å²) in [5.74, 6) is 2.27. The van der Waals surface area contributed by atoms with E-state index in [2.05, 4.69) is 16.0 Å². The van der Waals surface area contributed by atoms with Gasteiger partial charge in [0.2, 0.25) is 5.91 Å². The monoisotopic (exact) mass is 315 g/mol. The van der Waals surface area contributed by atoms with Crippen LogP contribution in [0.2, 0.25) is 0 Å². The standard InChI is InChI=1S/C15H16F3NO3/c1-3-8-19-14(20)7-5-11-4-6-12(13(9-11)21-2)22-10-15(16,17)18/h1,4,6,9H,5,7-8,10H2,2H3,(H,19,20). The maximum Gasteiger partial charge on any atom is 0.422 e. The third-order valence-electron chi connectivity index (χ3n) is 2.65. The molecule has 0 bridgehead atoms. The minimum absolute atomic E-state index is 0.000332. The molecule has 22 heavy (non-hydrogen) atoms. The van der Waals surface area contributed by atoms with E-state index in [0.29, 0.717) is 6.42 Å². The van der Waals surface area contributed by atoms with E-state index in [-0.39, 0.29) is 30.4 Å². The molecule has 1 amide bonds. The largest absolute Gasteiger partial charge is 0.493 e. The average Bonchev–Trinajstić information content (AvgIpc) is 2.48. The molecule has 1 aromatic carbocycles. The zero-order valence-electron chi connectivity index (χ0n) is 12.0. The topological polar surface area (TPSA) is 47.6 Å². The van der Waals surface area contributed by atoms with Crippen LogP contribution in [0.1, 0.15) is 12.0 Å². The first-order valence-corrected chi connectivity index (χ1v) is 6.42. The fourth-order valence-electron chi connectivity index (χ4n) is 1.64. The van der Waals surface area contributed by atoms with Crippen molar-refractivity contribution in [2.75, 3.05) is 20.3 Å². The molecule has 7 heteroatoms. The van der Waals surface area contributed by atoms with Crippen LogP contribution in [-0.2, 0) is 11.2 Å². The molecule has 1 N–H and O–H groups in total. The SMILES string of the molecule is C#CCNC(=O)CCc1ccc(OCC(F)(F)F)c(OC)c1. The Kier molecular flexibility index (Phi) is 6.57. The number of benzene rings is 1. The molecule has 0 atom stereocenters. The van der Waals surface area contributed by atoms with Gasteiger partial charge >= 0.3 is 6.18 Å². The number of halogens is 3. The maximum atomic E-state index is 12.1. The molecule has 0 saturated heterocycles. The van der Waals surface area contributed by atoms with Gasteiger partial charge in [-0.15, -0.1) is 6.42 Å². The molecule has 0 saturated carbocycles. The van der Waals surface area contributed by atoms with E-state index in [0.717, 1.165) is 5.56 Å². The Balaban J connectivity index is 2.64. The van der Waals surface area contributed by atoms with Crippen molar-refractivity contribution in [2.24, 2.45) is 0 Å². The Labute approximate surface area is 126 Å². The van der Waals surface area contributed by atoms with Crippen molar-refractivity contribution in [2.45, 2.75) is 19.0 Å². The highest BCUT2D eigenvalue weighted by Gasteiger charge is 2.29. The summed E-state index contributed by atoms with van der Waals surface area (Å²) >= 11 is 0. The molecule has 0 unspecified atom stereocenters. The van der Waals surface area contributed by atoms with E-state index in [9.17, 15) is 18.0 Å². The van der Waals surface area contributed by atoms with Crippen molar-refractivity contribution in [3.8, 4) is 23.8 Å². The van der Waals surface area contributed by atoms with Crippen molar-refractivity contribution in [3.63, 3.8) is 0 Å². The Morgan fingerprint density at radius 3 is 2.68 bits per heavy atom. The lowest BCUT2D eigenvalue weighted by Gasteiger charge is -2.13. The van der Waals surface area contributed by atoms with Gasteiger partial charge in [-0.25, -0.2) is 0 Å². The molecule has 4 nitrogen and oxygen atoms in total. The second kappa shape index (κ2) is 8.17. The minimum Gasteiger partial charge on any atom is -0.493 e. The fraction of sp³-hybridized carbons (Fsp3) is 0.400. The summed E-state index contributed by atoms with van der Waals surface area (Å²) in [5.41, 5.74) is 0.743. The predicted molar refractivity (Wildman–Crippen MR) is 74.7 cm³/mol. The van der Waals surface area contributed by atoms with Gasteiger partial charge in [0.15, 0.2) is 18.1 Å². The van der Waals surface area contributed by atoms with Crippen LogP contribution in [0.25, 0.3) is 0 Å². The molecule has 120 valence electrons. The number of rotatable bonds is 7. The van der Waals surface area contributed by atoms with Crippen LogP contribution in [0, 0.1) is 12.3 Å². The fourth-order valence-corrected chi connectivity index (χ4v) is 1.64. The predicted octanol–water partition coefficient (Wildman–Crippen LogP) is 2.32. The molecule has 0 aromatic heterocycles. The molecule has 0 spiro atoms. The van der Waals surface area contributed by atoms with Gasteiger partial charge in [0.1, 0.15) is 0 Å². The first kappa shape index (κ1) is 17.7. The van der Waals surface area contributed by atoms with Gasteiger partial charge in [-0.05, 0) is 24.1 Å². The third-order valence-corrected chi connectivity index (χ3v) is 2.65. The first-order valence-electron chi connectivity index (χ1n) is 6.42. The number of alkyl halides is 3. The maximum absolute atomic E-state index is 12.1. The first-order chi connectivity index (χ1) is 10.4. The van der Waals surface area contributed by atoms with Crippen molar-refractivity contribution in [1.82, 2.24) is 5.32 Å². The summed E-state index contributed by atoms with van der Waals surface area (Å²) in [5, 5.41) is 2.52. The number of hydrogen-bond donors (Lipinski definition) is 1. The second-order valence-electron chi connectivity index (χ2n) is 4.37. The Morgan fingerprint density at radius 1 is 1.36 bits per heavy atom. The molecule has 1 rings (SSSR count). The average molecular weight is 315 g/mol. The van der Waals surface area contributed by atoms with Gasteiger partial charge in [-0.2, -0.15) is 13.2 Å².